The normalized spacial score (nSPS) is 16.8. The van der Waals surface area contributed by atoms with Crippen molar-refractivity contribution in [2.45, 2.75) is 36.6 Å². The molecule has 1 fully saturated rings. The monoisotopic (exact) mass is 459 g/mol. The van der Waals surface area contributed by atoms with E-state index in [-0.39, 0.29) is 29.3 Å². The Labute approximate surface area is 188 Å². The largest absolute Gasteiger partial charge is 0.336 e. The van der Waals surface area contributed by atoms with Gasteiger partial charge in [0.05, 0.1) is 4.90 Å². The summed E-state index contributed by atoms with van der Waals surface area (Å²) in [5, 5.41) is 13.6. The van der Waals surface area contributed by atoms with Crippen LogP contribution in [0.15, 0.2) is 59.5 Å². The molecule has 1 atom stereocenters. The van der Waals surface area contributed by atoms with Gasteiger partial charge in [0.1, 0.15) is 0 Å². The Kier molecular flexibility index (Phi) is 8.20. The molecular formula is C22H29N5O4S. The lowest BCUT2D eigenvalue weighted by molar-refractivity contribution is -0.116. The van der Waals surface area contributed by atoms with Crippen LogP contribution in [0.25, 0.3) is 0 Å². The summed E-state index contributed by atoms with van der Waals surface area (Å²) in [6.07, 6.45) is 3.33. The fourth-order valence-corrected chi connectivity index (χ4v) is 4.27. The number of rotatable bonds is 8. The Bertz CT molecular complexity index is 1030. The summed E-state index contributed by atoms with van der Waals surface area (Å²) in [6.45, 7) is 1.91. The highest BCUT2D eigenvalue weighted by atomic mass is 32.2. The van der Waals surface area contributed by atoms with Crippen LogP contribution in [-0.4, -0.2) is 50.9 Å². The number of benzene rings is 2. The number of sulfonamides is 1. The third-order valence-electron chi connectivity index (χ3n) is 5.35. The quantitative estimate of drug-likeness (QED) is 0.481. The van der Waals surface area contributed by atoms with Crippen LogP contribution >= 0.6 is 0 Å². The van der Waals surface area contributed by atoms with Gasteiger partial charge in [-0.05, 0) is 49.7 Å². The van der Waals surface area contributed by atoms with E-state index in [0.29, 0.717) is 18.8 Å². The van der Waals surface area contributed by atoms with Gasteiger partial charge in [-0.2, -0.15) is 0 Å². The SMILES string of the molecule is NS(=O)(=O)c1cccc(NC(=O)CCN2CCCCC2CNC(=O)Nc2ccccc2)c1. The molecule has 10 heteroatoms. The van der Waals surface area contributed by atoms with E-state index in [1.807, 2.05) is 30.3 Å². The Morgan fingerprint density at radius 1 is 1.00 bits per heavy atom. The number of nitrogens with two attached hydrogens (primary N) is 1. The minimum Gasteiger partial charge on any atom is -0.336 e. The molecule has 2 aromatic carbocycles. The van der Waals surface area contributed by atoms with Crippen molar-refractivity contribution in [3.8, 4) is 0 Å². The molecule has 1 heterocycles. The Hall–Kier alpha value is -2.95. The van der Waals surface area contributed by atoms with Gasteiger partial charge in [0.2, 0.25) is 15.9 Å². The van der Waals surface area contributed by atoms with Gasteiger partial charge in [-0.3, -0.25) is 9.69 Å². The molecule has 3 amide bonds. The van der Waals surface area contributed by atoms with E-state index in [1.165, 1.54) is 18.2 Å². The molecule has 0 radical (unpaired) electrons. The minimum absolute atomic E-state index is 0.0498. The van der Waals surface area contributed by atoms with Gasteiger partial charge in [0.15, 0.2) is 0 Å². The third-order valence-corrected chi connectivity index (χ3v) is 6.26. The maximum atomic E-state index is 12.4. The van der Waals surface area contributed by atoms with E-state index in [0.717, 1.165) is 31.5 Å². The van der Waals surface area contributed by atoms with Crippen LogP contribution in [0, 0.1) is 0 Å². The number of nitrogens with one attached hydrogen (secondary N) is 3. The number of hydrogen-bond donors (Lipinski definition) is 4. The fraction of sp³-hybridized carbons (Fsp3) is 0.364. The molecule has 172 valence electrons. The topological polar surface area (TPSA) is 134 Å². The van der Waals surface area contributed by atoms with Gasteiger partial charge in [0, 0.05) is 36.9 Å². The Balaban J connectivity index is 1.47. The second-order valence-corrected chi connectivity index (χ2v) is 9.32. The van der Waals surface area contributed by atoms with Crippen LogP contribution in [0.1, 0.15) is 25.7 Å². The number of anilines is 2. The molecule has 1 aliphatic rings. The van der Waals surface area contributed by atoms with E-state index in [4.69, 9.17) is 5.14 Å². The van der Waals surface area contributed by atoms with Crippen molar-refractivity contribution in [2.24, 2.45) is 5.14 Å². The van der Waals surface area contributed by atoms with Crippen molar-refractivity contribution in [3.63, 3.8) is 0 Å². The highest BCUT2D eigenvalue weighted by molar-refractivity contribution is 7.89. The first-order valence-corrected chi connectivity index (χ1v) is 12.1. The van der Waals surface area contributed by atoms with E-state index in [1.54, 1.807) is 6.07 Å². The molecule has 5 N–H and O–H groups in total. The molecule has 0 saturated carbocycles. The smallest absolute Gasteiger partial charge is 0.319 e. The number of hydrogen-bond acceptors (Lipinski definition) is 5. The van der Waals surface area contributed by atoms with Crippen molar-refractivity contribution < 1.29 is 18.0 Å². The van der Waals surface area contributed by atoms with E-state index in [9.17, 15) is 18.0 Å². The van der Waals surface area contributed by atoms with Crippen LogP contribution in [-0.2, 0) is 14.8 Å². The number of carbonyl (C=O) groups excluding carboxylic acids is 2. The van der Waals surface area contributed by atoms with Gasteiger partial charge < -0.3 is 16.0 Å². The van der Waals surface area contributed by atoms with Crippen LogP contribution in [0.5, 0.6) is 0 Å². The third kappa shape index (κ3) is 7.33. The molecule has 32 heavy (non-hydrogen) atoms. The highest BCUT2D eigenvalue weighted by Crippen LogP contribution is 2.18. The highest BCUT2D eigenvalue weighted by Gasteiger charge is 2.23. The van der Waals surface area contributed by atoms with Crippen molar-refractivity contribution in [2.75, 3.05) is 30.3 Å². The Morgan fingerprint density at radius 2 is 1.75 bits per heavy atom. The summed E-state index contributed by atoms with van der Waals surface area (Å²) in [7, 11) is -3.83. The molecule has 1 unspecified atom stereocenters. The number of nitrogens with zero attached hydrogens (tertiary/aromatic N) is 1. The van der Waals surface area contributed by atoms with Crippen LogP contribution in [0.3, 0.4) is 0 Å². The number of likely N-dealkylation sites (tertiary alicyclic amines) is 1. The predicted octanol–water partition coefficient (Wildman–Crippen LogP) is 2.34. The lowest BCUT2D eigenvalue weighted by Crippen LogP contribution is -2.48. The van der Waals surface area contributed by atoms with Crippen LogP contribution in [0.2, 0.25) is 0 Å². The number of carbonyl (C=O) groups is 2. The number of urea groups is 1. The van der Waals surface area contributed by atoms with Crippen molar-refractivity contribution in [3.05, 3.63) is 54.6 Å². The molecular weight excluding hydrogens is 430 g/mol. The summed E-state index contributed by atoms with van der Waals surface area (Å²) in [4.78, 5) is 26.7. The van der Waals surface area contributed by atoms with Crippen molar-refractivity contribution in [1.82, 2.24) is 10.2 Å². The lowest BCUT2D eigenvalue weighted by Gasteiger charge is -2.35. The second kappa shape index (κ2) is 11.1. The molecule has 2 aromatic rings. The first-order chi connectivity index (χ1) is 15.3. The van der Waals surface area contributed by atoms with Gasteiger partial charge in [0.25, 0.3) is 0 Å². The zero-order valence-electron chi connectivity index (χ0n) is 17.8. The molecule has 0 aromatic heterocycles. The fourth-order valence-electron chi connectivity index (χ4n) is 3.71. The zero-order chi connectivity index (χ0) is 23.0. The van der Waals surface area contributed by atoms with Gasteiger partial charge in [-0.1, -0.05) is 30.7 Å². The Morgan fingerprint density at radius 3 is 2.50 bits per heavy atom. The van der Waals surface area contributed by atoms with Crippen LogP contribution in [0.4, 0.5) is 16.2 Å². The zero-order valence-corrected chi connectivity index (χ0v) is 18.6. The average Bonchev–Trinajstić information content (AvgIpc) is 2.77. The first-order valence-electron chi connectivity index (χ1n) is 10.6. The van der Waals surface area contributed by atoms with Crippen molar-refractivity contribution >= 4 is 33.3 Å². The summed E-state index contributed by atoms with van der Waals surface area (Å²) in [5.41, 5.74) is 1.12. The number of amides is 3. The molecule has 0 aliphatic carbocycles. The molecule has 0 bridgehead atoms. The molecule has 3 rings (SSSR count). The average molecular weight is 460 g/mol. The maximum Gasteiger partial charge on any atom is 0.319 e. The summed E-state index contributed by atoms with van der Waals surface area (Å²) < 4.78 is 23.0. The second-order valence-electron chi connectivity index (χ2n) is 7.76. The molecule has 0 spiro atoms. The lowest BCUT2D eigenvalue weighted by atomic mass is 10.0. The van der Waals surface area contributed by atoms with E-state index in [2.05, 4.69) is 20.9 Å². The maximum absolute atomic E-state index is 12.4. The predicted molar refractivity (Wildman–Crippen MR) is 124 cm³/mol. The number of piperidine rings is 1. The van der Waals surface area contributed by atoms with Crippen LogP contribution < -0.4 is 21.1 Å². The molecule has 1 aliphatic heterocycles. The molecule has 9 nitrogen and oxygen atoms in total. The summed E-state index contributed by atoms with van der Waals surface area (Å²) >= 11 is 0. The van der Waals surface area contributed by atoms with Gasteiger partial charge >= 0.3 is 6.03 Å². The number of primary sulfonamides is 1. The number of para-hydroxylation sites is 1. The van der Waals surface area contributed by atoms with Gasteiger partial charge in [-0.15, -0.1) is 0 Å². The van der Waals surface area contributed by atoms with E-state index < -0.39 is 10.0 Å². The minimum atomic E-state index is -3.83. The molecule has 1 saturated heterocycles. The van der Waals surface area contributed by atoms with Gasteiger partial charge in [-0.25, -0.2) is 18.4 Å². The van der Waals surface area contributed by atoms with Crippen molar-refractivity contribution in [1.29, 1.82) is 0 Å². The van der Waals surface area contributed by atoms with E-state index >= 15 is 0 Å². The summed E-state index contributed by atoms with van der Waals surface area (Å²) in [5.74, 6) is -0.212. The standard InChI is InChI=1S/C22H29N5O4S/c23-32(30,31)20-11-6-9-18(15-20)25-21(28)12-14-27-13-5-4-10-19(27)16-24-22(29)26-17-7-2-1-3-8-17/h1-3,6-9,11,15,19H,4-5,10,12-14,16H2,(H,25,28)(H2,23,30,31)(H2,24,26,29). The first kappa shape index (κ1) is 23.7. The summed E-state index contributed by atoms with van der Waals surface area (Å²) in [6, 6.07) is 15.0.